The summed E-state index contributed by atoms with van der Waals surface area (Å²) < 4.78 is 4.77. The third-order valence-electron chi connectivity index (χ3n) is 2.19. The van der Waals surface area contributed by atoms with Crippen molar-refractivity contribution in [1.82, 2.24) is 4.90 Å². The molecule has 1 amide bonds. The molecule has 0 aromatic rings. The van der Waals surface area contributed by atoms with Crippen LogP contribution in [0.5, 0.6) is 0 Å². The lowest BCUT2D eigenvalue weighted by molar-refractivity contribution is -0.141. The Morgan fingerprint density at radius 2 is 2.38 bits per heavy atom. The highest BCUT2D eigenvalue weighted by atomic mass is 16.5. The molecule has 0 bridgehead atoms. The molecule has 13 heavy (non-hydrogen) atoms. The van der Waals surface area contributed by atoms with Crippen LogP contribution in [0.1, 0.15) is 0 Å². The zero-order valence-corrected chi connectivity index (χ0v) is 7.77. The largest absolute Gasteiger partial charge is 0.396 e. The summed E-state index contributed by atoms with van der Waals surface area (Å²) in [6.45, 7) is 1.63. The first kappa shape index (κ1) is 10.4. The number of nitrogens with zero attached hydrogens (tertiary/aromatic N) is 1. The van der Waals surface area contributed by atoms with E-state index in [1.807, 2.05) is 0 Å². The van der Waals surface area contributed by atoms with E-state index in [1.165, 1.54) is 7.11 Å². The summed E-state index contributed by atoms with van der Waals surface area (Å²) in [5.41, 5.74) is 5.55. The second kappa shape index (κ2) is 4.55. The van der Waals surface area contributed by atoms with Crippen LogP contribution >= 0.6 is 0 Å². The molecule has 0 aromatic heterocycles. The zero-order chi connectivity index (χ0) is 9.84. The van der Waals surface area contributed by atoms with E-state index in [0.29, 0.717) is 13.1 Å². The van der Waals surface area contributed by atoms with Gasteiger partial charge in [0.15, 0.2) is 0 Å². The molecule has 1 saturated heterocycles. The highest BCUT2D eigenvalue weighted by Gasteiger charge is 2.32. The lowest BCUT2D eigenvalue weighted by atomic mass is 10.0. The quantitative estimate of drug-likeness (QED) is 0.558. The monoisotopic (exact) mass is 188 g/mol. The van der Waals surface area contributed by atoms with E-state index in [-0.39, 0.29) is 25.0 Å². The van der Waals surface area contributed by atoms with Gasteiger partial charge in [-0.05, 0) is 0 Å². The fraction of sp³-hybridized carbons (Fsp3) is 0.875. The highest BCUT2D eigenvalue weighted by Crippen LogP contribution is 2.15. The first-order valence-electron chi connectivity index (χ1n) is 4.33. The first-order chi connectivity index (χ1) is 6.19. The number of nitrogens with two attached hydrogens (primary N) is 1. The number of ether oxygens (including phenoxy) is 1. The van der Waals surface area contributed by atoms with Gasteiger partial charge in [-0.2, -0.15) is 0 Å². The van der Waals surface area contributed by atoms with E-state index in [2.05, 4.69) is 0 Å². The van der Waals surface area contributed by atoms with Gasteiger partial charge in [0, 0.05) is 32.7 Å². The van der Waals surface area contributed by atoms with Crippen LogP contribution in [0.3, 0.4) is 0 Å². The molecule has 1 aliphatic rings. The number of carbonyl (C=O) groups is 1. The van der Waals surface area contributed by atoms with Gasteiger partial charge in [0.1, 0.15) is 6.04 Å². The molecule has 1 rings (SSSR count). The van der Waals surface area contributed by atoms with Crippen molar-refractivity contribution >= 4 is 5.91 Å². The fourth-order valence-corrected chi connectivity index (χ4v) is 1.35. The summed E-state index contributed by atoms with van der Waals surface area (Å²) in [7, 11) is 1.51. The molecule has 3 N–H and O–H groups in total. The number of aliphatic hydroxyl groups is 1. The lowest BCUT2D eigenvalue weighted by Crippen LogP contribution is -2.57. The van der Waals surface area contributed by atoms with Gasteiger partial charge in [0.2, 0.25) is 5.91 Å². The van der Waals surface area contributed by atoms with Crippen molar-refractivity contribution in [1.29, 1.82) is 0 Å². The number of rotatable bonds is 4. The van der Waals surface area contributed by atoms with Gasteiger partial charge in [-0.15, -0.1) is 0 Å². The molecule has 1 aliphatic heterocycles. The molecule has 1 heterocycles. The van der Waals surface area contributed by atoms with Gasteiger partial charge >= 0.3 is 0 Å². The van der Waals surface area contributed by atoms with Crippen LogP contribution in [0.15, 0.2) is 0 Å². The molecule has 1 unspecified atom stereocenters. The molecular weight excluding hydrogens is 172 g/mol. The molecule has 1 atom stereocenters. The maximum Gasteiger partial charge on any atom is 0.241 e. The molecule has 0 aliphatic carbocycles. The van der Waals surface area contributed by atoms with Gasteiger partial charge < -0.3 is 20.5 Å². The summed E-state index contributed by atoms with van der Waals surface area (Å²) in [5, 5.41) is 8.73. The van der Waals surface area contributed by atoms with Crippen molar-refractivity contribution in [2.75, 3.05) is 33.4 Å². The Bertz CT molecular complexity index is 180. The van der Waals surface area contributed by atoms with Crippen LogP contribution in [0.2, 0.25) is 0 Å². The average molecular weight is 188 g/mol. The maximum absolute atomic E-state index is 11.4. The van der Waals surface area contributed by atoms with Crippen molar-refractivity contribution in [2.45, 2.75) is 6.04 Å². The number of hydrogen-bond acceptors (Lipinski definition) is 4. The molecule has 5 nitrogen and oxygen atoms in total. The van der Waals surface area contributed by atoms with Crippen LogP contribution in [0, 0.1) is 5.92 Å². The van der Waals surface area contributed by atoms with Crippen molar-refractivity contribution in [3.05, 3.63) is 0 Å². The predicted octanol–water partition coefficient (Wildman–Crippen LogP) is -1.59. The van der Waals surface area contributed by atoms with E-state index >= 15 is 0 Å². The van der Waals surface area contributed by atoms with Gasteiger partial charge in [-0.1, -0.05) is 0 Å². The Balaban J connectivity index is 2.25. The Hall–Kier alpha value is -0.650. The summed E-state index contributed by atoms with van der Waals surface area (Å²) in [6.07, 6.45) is 0. The summed E-state index contributed by atoms with van der Waals surface area (Å²) in [4.78, 5) is 13.1. The van der Waals surface area contributed by atoms with Crippen molar-refractivity contribution in [3.8, 4) is 0 Å². The highest BCUT2D eigenvalue weighted by molar-refractivity contribution is 5.82. The van der Waals surface area contributed by atoms with Crippen LogP contribution in [0.25, 0.3) is 0 Å². The van der Waals surface area contributed by atoms with Crippen molar-refractivity contribution in [3.63, 3.8) is 0 Å². The summed E-state index contributed by atoms with van der Waals surface area (Å²) in [5.74, 6) is 0.144. The lowest BCUT2D eigenvalue weighted by Gasteiger charge is -2.39. The smallest absolute Gasteiger partial charge is 0.241 e. The average Bonchev–Trinajstić information content (AvgIpc) is 2.02. The minimum atomic E-state index is -0.565. The summed E-state index contributed by atoms with van der Waals surface area (Å²) in [6, 6.07) is -0.565. The number of likely N-dealkylation sites (tertiary alicyclic amines) is 1. The third kappa shape index (κ3) is 2.40. The Morgan fingerprint density at radius 1 is 1.77 bits per heavy atom. The molecular formula is C8H16N2O3. The molecule has 5 heteroatoms. The number of amides is 1. The molecule has 0 saturated carbocycles. The molecule has 1 fully saturated rings. The van der Waals surface area contributed by atoms with E-state index in [4.69, 9.17) is 15.6 Å². The van der Waals surface area contributed by atoms with Crippen molar-refractivity contribution < 1.29 is 14.6 Å². The number of carbonyl (C=O) groups excluding carboxylic acids is 1. The Morgan fingerprint density at radius 3 is 2.85 bits per heavy atom. The Kier molecular flexibility index (Phi) is 3.65. The SMILES string of the molecule is COCC(N)C(=O)N1CC(CO)C1. The predicted molar refractivity (Wildman–Crippen MR) is 47.0 cm³/mol. The number of hydrogen-bond donors (Lipinski definition) is 2. The van der Waals surface area contributed by atoms with Gasteiger partial charge in [-0.3, -0.25) is 4.79 Å². The topological polar surface area (TPSA) is 75.8 Å². The molecule has 0 aromatic carbocycles. The van der Waals surface area contributed by atoms with Crippen molar-refractivity contribution in [2.24, 2.45) is 11.7 Å². The summed E-state index contributed by atoms with van der Waals surface area (Å²) >= 11 is 0. The van der Waals surface area contributed by atoms with E-state index < -0.39 is 6.04 Å². The normalized spacial score (nSPS) is 19.8. The van der Waals surface area contributed by atoms with Gasteiger partial charge in [0.25, 0.3) is 0 Å². The van der Waals surface area contributed by atoms with Crippen LogP contribution in [0.4, 0.5) is 0 Å². The maximum atomic E-state index is 11.4. The van der Waals surface area contributed by atoms with Crippen LogP contribution in [-0.2, 0) is 9.53 Å². The Labute approximate surface area is 77.5 Å². The van der Waals surface area contributed by atoms with E-state index in [1.54, 1.807) is 4.90 Å². The zero-order valence-electron chi connectivity index (χ0n) is 7.77. The number of aliphatic hydroxyl groups excluding tert-OH is 1. The van der Waals surface area contributed by atoms with Gasteiger partial charge in [-0.25, -0.2) is 0 Å². The minimum absolute atomic E-state index is 0.0912. The third-order valence-corrected chi connectivity index (χ3v) is 2.19. The number of methoxy groups -OCH3 is 1. The second-order valence-electron chi connectivity index (χ2n) is 3.35. The fourth-order valence-electron chi connectivity index (χ4n) is 1.35. The minimum Gasteiger partial charge on any atom is -0.396 e. The van der Waals surface area contributed by atoms with E-state index in [0.717, 1.165) is 0 Å². The van der Waals surface area contributed by atoms with E-state index in [9.17, 15) is 4.79 Å². The van der Waals surface area contributed by atoms with Crippen LogP contribution in [-0.4, -0.2) is 55.4 Å². The standard InChI is InChI=1S/C8H16N2O3/c1-13-5-7(9)8(12)10-2-6(3-10)4-11/h6-7,11H,2-5,9H2,1H3. The first-order valence-corrected chi connectivity index (χ1v) is 4.33. The second-order valence-corrected chi connectivity index (χ2v) is 3.35. The van der Waals surface area contributed by atoms with Crippen LogP contribution < -0.4 is 5.73 Å². The molecule has 0 spiro atoms. The molecule has 76 valence electrons. The van der Waals surface area contributed by atoms with Gasteiger partial charge in [0.05, 0.1) is 6.61 Å². The molecule has 0 radical (unpaired) electrons.